The van der Waals surface area contributed by atoms with Crippen LogP contribution < -0.4 is 24.2 Å². The summed E-state index contributed by atoms with van der Waals surface area (Å²) in [6.07, 6.45) is 14.3. The maximum Gasteiger partial charge on any atom is 1.00 e. The molecule has 0 atom stereocenters. The van der Waals surface area contributed by atoms with E-state index in [0.29, 0.717) is 57.8 Å². The minimum Gasteiger partial charge on any atom is -0.870 e. The Bertz CT molecular complexity index is 5670. The van der Waals surface area contributed by atoms with E-state index < -0.39 is 5.97 Å². The van der Waals surface area contributed by atoms with Crippen LogP contribution in [0.25, 0.3) is 43.6 Å². The van der Waals surface area contributed by atoms with Gasteiger partial charge in [0, 0.05) is 216 Å². The Kier molecular flexibility index (Phi) is 32.4. The summed E-state index contributed by atoms with van der Waals surface area (Å²) >= 11 is 8.34. The smallest absolute Gasteiger partial charge is 0.870 e. The Morgan fingerprint density at radius 1 is 0.445 bits per heavy atom. The molecule has 4 aliphatic heterocycles. The van der Waals surface area contributed by atoms with Gasteiger partial charge in [-0.05, 0) is 118 Å². The number of carbonyl (C=O) groups excluding carboxylic acids is 5. The normalized spacial score (nSPS) is 13.9. The SMILES string of the molecule is COC(=O)c1ccc2c(Cc3ccccc3)cn(C)c2c1.COC(=O)c1ccc2ccn(C)c2c1.ClCc1ccccc1.Cn1cc(Cc2ccccc2)c2ccc(C(=O)N3CC(N4CCN(C(=O)c5nccs5)CC4)C3)cc21.Cn1cc(Cc2ccccc2)c2ccc(C(=O)O)cc21.O.O=C(c1nccs1)N1CCN(C2CNC2)CC1.[Li+].[OH-]. The Hall–Kier alpha value is -11.3. The van der Waals surface area contributed by atoms with Crippen molar-refractivity contribution in [2.24, 2.45) is 28.2 Å². The number of ether oxygens (including phenoxy) is 2. The van der Waals surface area contributed by atoms with E-state index in [2.05, 4.69) is 124 Å². The molecule has 5 N–H and O–H groups in total. The topological polar surface area (TPSA) is 276 Å². The average Bonchev–Trinajstić information content (AvgIpc) is 1.76. The van der Waals surface area contributed by atoms with E-state index in [1.54, 1.807) is 30.6 Å². The second-order valence-electron chi connectivity index (χ2n) is 29.1. The van der Waals surface area contributed by atoms with Crippen LogP contribution in [0.3, 0.4) is 0 Å². The first kappa shape index (κ1) is 90.0. The van der Waals surface area contributed by atoms with Gasteiger partial charge in [0.05, 0.1) is 30.9 Å². The molecule has 0 aliphatic carbocycles. The number of carbonyl (C=O) groups is 6. The monoisotopic (exact) mass is 1650 g/mol. The first-order chi connectivity index (χ1) is 56.4. The van der Waals surface area contributed by atoms with Gasteiger partial charge < -0.3 is 63.8 Å². The fourth-order valence-corrected chi connectivity index (χ4v) is 16.3. The van der Waals surface area contributed by atoms with Gasteiger partial charge in [-0.1, -0.05) is 146 Å². The number of carboxylic acids is 1. The van der Waals surface area contributed by atoms with Gasteiger partial charge in [0.15, 0.2) is 10.0 Å². The van der Waals surface area contributed by atoms with Crippen LogP contribution in [-0.4, -0.2) is 209 Å². The van der Waals surface area contributed by atoms with Crippen molar-refractivity contribution in [3.05, 3.63) is 319 Å². The number of aromatic nitrogens is 6. The molecule has 3 amide bonds. The van der Waals surface area contributed by atoms with Crippen LogP contribution in [0.5, 0.6) is 0 Å². The van der Waals surface area contributed by atoms with Gasteiger partial charge in [-0.15, -0.1) is 34.3 Å². The third-order valence-corrected chi connectivity index (χ3v) is 23.4. The number of carboxylic acid groups (broad SMARTS) is 1. The minimum atomic E-state index is -0.891. The summed E-state index contributed by atoms with van der Waals surface area (Å²) in [5.41, 5.74) is 15.1. The number of rotatable bonds is 15. The number of esters is 2. The molecule has 4 saturated heterocycles. The zero-order chi connectivity index (χ0) is 81.2. The van der Waals surface area contributed by atoms with Gasteiger partial charge in [0.2, 0.25) is 0 Å². The van der Waals surface area contributed by atoms with Crippen molar-refractivity contribution in [3.63, 3.8) is 0 Å². The van der Waals surface area contributed by atoms with Gasteiger partial charge in [-0.25, -0.2) is 24.4 Å². The van der Waals surface area contributed by atoms with Crippen molar-refractivity contribution in [1.29, 1.82) is 0 Å². The standard InChI is InChI=1S/C28H29N5O2S.C18H17NO2.C17H15NO2.C11H16N4OS.C11H11NO2.C7H7Cl.Li.2H2O/c1-30-17-22(15-20-5-3-2-4-6-20)24-8-7-21(16-25(24)30)27(34)33-18-23(19-33)31-10-12-32(13-11-31)28(35)26-29-9-14-36-26;1-19-12-15(10-13-6-4-3-5-7-13)16-9-8-14(11-17(16)19)18(20)21-2;1-18-11-14(9-12-5-3-2-4-6-12)15-8-7-13(17(19)20)10-16(15)18;16-11(10-13-1-6-17-10)15-4-2-14(3-5-15)9-7-12-8-9;1-12-6-5-8-3-4-9(7-10(8)12)11(13)14-2;8-6-7-4-2-1-3-5-7;;;/h2-9,14,16-17,23H,10-13,15,18-19H2,1H3;3-9,11-12H,10H2,1-2H3;2-8,10-11H,9H2,1H3,(H,19,20);1,6,9,12H,2-5,7-8H2;3-7H,1-2H3;1-5H,6H2;;2*1H2/q;;;;;;+1;;/p-1. The number of halogens is 1. The molecule has 0 radical (unpaired) electrons. The summed E-state index contributed by atoms with van der Waals surface area (Å²) in [5, 5.41) is 21.8. The van der Waals surface area contributed by atoms with Gasteiger partial charge in [0.1, 0.15) is 0 Å². The van der Waals surface area contributed by atoms with E-state index in [4.69, 9.17) is 21.4 Å². The first-order valence-corrected chi connectivity index (χ1v) is 41.0. The zero-order valence-electron chi connectivity index (χ0n) is 67.9. The Morgan fingerprint density at radius 2 is 0.815 bits per heavy atom. The average molecular weight is 1650 g/mol. The Labute approximate surface area is 717 Å². The molecule has 23 nitrogen and oxygen atoms in total. The van der Waals surface area contributed by atoms with Gasteiger partial charge >= 0.3 is 36.8 Å². The molecule has 0 spiro atoms. The molecular formula is C92H98ClLiN12O11S2. The van der Waals surface area contributed by atoms with Crippen LogP contribution >= 0.6 is 34.3 Å². The quantitative estimate of drug-likeness (QED) is 0.0548. The van der Waals surface area contributed by atoms with Crippen LogP contribution in [0.4, 0.5) is 0 Å². The van der Waals surface area contributed by atoms with Crippen molar-refractivity contribution in [2.75, 3.05) is 92.8 Å². The number of hydrogen-bond acceptors (Lipinski definition) is 16. The molecule has 0 unspecified atom stereocenters. The van der Waals surface area contributed by atoms with Crippen molar-refractivity contribution < 1.29 is 73.2 Å². The summed E-state index contributed by atoms with van der Waals surface area (Å²) in [6, 6.07) is 66.8. The van der Waals surface area contributed by atoms with E-state index in [-0.39, 0.29) is 59.5 Å². The number of nitrogens with one attached hydrogen (secondary N) is 1. The Morgan fingerprint density at radius 3 is 1.18 bits per heavy atom. The van der Waals surface area contributed by atoms with Crippen LogP contribution in [-0.2, 0) is 62.8 Å². The molecular weight excluding hydrogens is 1560 g/mol. The second kappa shape index (κ2) is 42.9. The second-order valence-corrected chi connectivity index (χ2v) is 31.1. The number of aryl methyl sites for hydroxylation is 4. The molecule has 612 valence electrons. The molecule has 14 aromatic rings. The number of aromatic carboxylic acids is 1. The number of hydrogen-bond donors (Lipinski definition) is 2. The van der Waals surface area contributed by atoms with Crippen molar-refractivity contribution in [3.8, 4) is 0 Å². The van der Waals surface area contributed by atoms with E-state index in [1.807, 2.05) is 184 Å². The molecule has 18 rings (SSSR count). The van der Waals surface area contributed by atoms with Crippen LogP contribution in [0.2, 0.25) is 0 Å². The molecule has 8 aromatic carbocycles. The first-order valence-electron chi connectivity index (χ1n) is 38.7. The van der Waals surface area contributed by atoms with Gasteiger partial charge in [0.25, 0.3) is 17.7 Å². The number of benzene rings is 8. The third kappa shape index (κ3) is 22.6. The summed E-state index contributed by atoms with van der Waals surface area (Å²) in [5.74, 6) is -0.671. The van der Waals surface area contributed by atoms with E-state index in [1.165, 1.54) is 86.6 Å². The predicted octanol–water partition coefficient (Wildman–Crippen LogP) is 10.8. The largest absolute Gasteiger partial charge is 1.00 e. The minimum absolute atomic E-state index is 0. The number of nitrogens with zero attached hydrogens (tertiary/aromatic N) is 11. The number of likely N-dealkylation sites (tertiary alicyclic amines) is 1. The zero-order valence-corrected chi connectivity index (χ0v) is 70.3. The molecule has 4 fully saturated rings. The molecule has 4 aliphatic rings. The summed E-state index contributed by atoms with van der Waals surface area (Å²) in [7, 11) is 10.7. The molecule has 27 heteroatoms. The molecule has 0 saturated carbocycles. The summed E-state index contributed by atoms with van der Waals surface area (Å²) < 4.78 is 17.6. The van der Waals surface area contributed by atoms with Crippen molar-refractivity contribution in [2.45, 2.75) is 37.2 Å². The van der Waals surface area contributed by atoms with Crippen LogP contribution in [0, 0.1) is 0 Å². The van der Waals surface area contributed by atoms with Gasteiger partial charge in [-0.3, -0.25) is 24.2 Å². The van der Waals surface area contributed by atoms with Crippen molar-refractivity contribution in [1.82, 2.24) is 58.1 Å². The number of alkyl halides is 1. The number of thiazole rings is 2. The van der Waals surface area contributed by atoms with E-state index in [9.17, 15) is 28.8 Å². The maximum absolute atomic E-state index is 13.2. The van der Waals surface area contributed by atoms with Crippen LogP contribution in [0.1, 0.15) is 100.0 Å². The summed E-state index contributed by atoms with van der Waals surface area (Å²) in [6.45, 7) is 10.4. The predicted molar refractivity (Wildman–Crippen MR) is 466 cm³/mol. The number of methoxy groups -OCH3 is 2. The molecule has 10 heterocycles. The third-order valence-electron chi connectivity index (χ3n) is 21.5. The number of fused-ring (bicyclic) bond motifs is 4. The van der Waals surface area contributed by atoms with Gasteiger partial charge in [-0.2, -0.15) is 0 Å². The van der Waals surface area contributed by atoms with Crippen molar-refractivity contribution >= 4 is 114 Å². The molecule has 0 bridgehead atoms. The fraction of sp³-hybridized carbons (Fsp3) is 0.261. The van der Waals surface area contributed by atoms with Crippen LogP contribution in [0.15, 0.2) is 248 Å². The maximum atomic E-state index is 13.2. The van der Waals surface area contributed by atoms with E-state index in [0.717, 1.165) is 123 Å². The Balaban J connectivity index is 0.000000157. The fourth-order valence-electron chi connectivity index (χ4n) is 14.9. The number of piperazine rings is 2. The molecule has 6 aromatic heterocycles. The number of amides is 3. The van der Waals surface area contributed by atoms with E-state index >= 15 is 0 Å². The molecule has 119 heavy (non-hydrogen) atoms. The summed E-state index contributed by atoms with van der Waals surface area (Å²) in [4.78, 5) is 90.6.